The lowest BCUT2D eigenvalue weighted by molar-refractivity contribution is -0.371. The monoisotopic (exact) mass is 1100 g/mol. The number of fused-ring (bicyclic) bond motifs is 1. The molecule has 18 N–H and O–H groups in total. The van der Waals surface area contributed by atoms with E-state index in [9.17, 15) is 91.6 Å². The summed E-state index contributed by atoms with van der Waals surface area (Å²) >= 11 is 0. The van der Waals surface area contributed by atoms with Crippen molar-refractivity contribution in [2.45, 2.75) is 242 Å². The second-order valence-electron chi connectivity index (χ2n) is 21.8. The summed E-state index contributed by atoms with van der Waals surface area (Å²) in [6.45, 7) is -0.499. The molecule has 76 heavy (non-hydrogen) atoms. The number of ether oxygens (including phenoxy) is 10. The van der Waals surface area contributed by atoms with Crippen molar-refractivity contribution < 1.29 is 139 Å². The Morgan fingerprint density at radius 3 is 1.62 bits per heavy atom. The van der Waals surface area contributed by atoms with Gasteiger partial charge in [0.25, 0.3) is 0 Å². The number of rotatable bonds is 15. The number of allylic oxidation sites excluding steroid dienone is 1. The van der Waals surface area contributed by atoms with Crippen LogP contribution in [0, 0.1) is 17.8 Å². The van der Waals surface area contributed by atoms with E-state index in [1.54, 1.807) is 6.08 Å². The van der Waals surface area contributed by atoms with Crippen molar-refractivity contribution in [3.05, 3.63) is 12.2 Å². The van der Waals surface area contributed by atoms with Crippen molar-refractivity contribution in [2.75, 3.05) is 19.8 Å². The standard InChI is InChI=1S/C48H78O28/c1-16-43(76-30(54)7-4-17-2-5-20(6-3-17)69-46-39(63)35(59)32(56)27(13-49)73-46)38(62)42(66)45(68-16)67-15-29-34(58)37(61)41(65)48(75-29)72-26-12-21-24(70-44(26)18-8-22(52)31(55)23(53)9-18)10-19(51)11-25(21)71-47-40(64)36(60)33(57)28(14-50)74-47/h4,7,16-29,31-53,55-66H,2-3,5-6,8-15H2,1H3/p+1. The van der Waals surface area contributed by atoms with Crippen LogP contribution in [0.15, 0.2) is 12.2 Å². The minimum absolute atomic E-state index is 0.0122. The van der Waals surface area contributed by atoms with E-state index >= 15 is 0 Å². The summed E-state index contributed by atoms with van der Waals surface area (Å²) in [5, 5.41) is 180. The molecule has 8 rings (SSSR count). The summed E-state index contributed by atoms with van der Waals surface area (Å²) in [5.74, 6) is -2.23. The fourth-order valence-electron chi connectivity index (χ4n) is 12.1. The minimum atomic E-state index is -1.92. The van der Waals surface area contributed by atoms with E-state index in [1.165, 1.54) is 13.0 Å². The Kier molecular flexibility index (Phi) is 20.6. The molecule has 3 saturated carbocycles. The molecule has 0 radical (unpaired) electrons. The number of hydrogen-bond donors (Lipinski definition) is 17. The molecule has 28 heteroatoms. The SMILES string of the molecule is CC1OC(OCC2OC(OC3CC4C(OC5OC(CO)C(O)C(O)C5O)CC(O)CC4[OH+]C3C3CC(O)C(O)C(O)C3)C(O)C(O)C2O)C(O)C(O)C1OC(=O)C=CC1CCC(OC2OC(CO)C(O)C(O)C2O)CC1. The average Bonchev–Trinajstić information content (AvgIpc) is 3.40. The number of hydrogen-bond acceptors (Lipinski definition) is 27. The van der Waals surface area contributed by atoms with Crippen LogP contribution >= 0.6 is 0 Å². The first-order valence-electron chi connectivity index (χ1n) is 26.3. The zero-order chi connectivity index (χ0) is 55.0. The van der Waals surface area contributed by atoms with E-state index in [0.717, 1.165) is 0 Å². The summed E-state index contributed by atoms with van der Waals surface area (Å²) in [4.78, 5) is 13.0. The van der Waals surface area contributed by atoms with Crippen LogP contribution in [-0.2, 0) is 47.4 Å². The van der Waals surface area contributed by atoms with Crippen LogP contribution in [0.25, 0.3) is 0 Å². The maximum absolute atomic E-state index is 13.0. The molecular formula is C48H79O28+. The van der Waals surface area contributed by atoms with E-state index in [4.69, 9.17) is 47.4 Å². The summed E-state index contributed by atoms with van der Waals surface area (Å²) in [5.41, 5.74) is 0. The molecule has 0 aromatic carbocycles. The normalized spacial score (nSPS) is 52.5. The highest BCUT2D eigenvalue weighted by Crippen LogP contribution is 2.44. The van der Waals surface area contributed by atoms with E-state index in [0.29, 0.717) is 25.7 Å². The molecule has 0 amide bonds. The van der Waals surface area contributed by atoms with Gasteiger partial charge in [-0.05, 0) is 57.8 Å². The second-order valence-corrected chi connectivity index (χ2v) is 21.8. The quantitative estimate of drug-likeness (QED) is 0.0411. The van der Waals surface area contributed by atoms with Gasteiger partial charge < -0.3 is 134 Å². The third-order valence-corrected chi connectivity index (χ3v) is 16.6. The van der Waals surface area contributed by atoms with Crippen molar-refractivity contribution in [1.29, 1.82) is 0 Å². The van der Waals surface area contributed by atoms with Gasteiger partial charge in [-0.25, -0.2) is 4.79 Å². The van der Waals surface area contributed by atoms with E-state index in [-0.39, 0.29) is 44.1 Å². The van der Waals surface area contributed by atoms with Crippen molar-refractivity contribution in [2.24, 2.45) is 17.8 Å². The Hall–Kier alpha value is -1.83. The maximum Gasteiger partial charge on any atom is 0.330 e. The van der Waals surface area contributed by atoms with Gasteiger partial charge >= 0.3 is 5.97 Å². The molecule has 0 aromatic rings. The van der Waals surface area contributed by atoms with Gasteiger partial charge in [-0.2, -0.15) is 0 Å². The lowest BCUT2D eigenvalue weighted by Crippen LogP contribution is -2.64. The number of carbonyl (C=O) groups is 1. The Labute approximate surface area is 436 Å². The lowest BCUT2D eigenvalue weighted by atomic mass is 9.72. The minimum Gasteiger partial charge on any atom is -0.454 e. The smallest absolute Gasteiger partial charge is 0.330 e. The molecule has 28 nitrogen and oxygen atoms in total. The third kappa shape index (κ3) is 13.2. The zero-order valence-electron chi connectivity index (χ0n) is 41.7. The topological polar surface area (TPSA) is 457 Å². The molecule has 0 bridgehead atoms. The molecule has 3 aliphatic carbocycles. The molecule has 5 saturated heterocycles. The van der Waals surface area contributed by atoms with Crippen LogP contribution in [0.3, 0.4) is 0 Å². The molecule has 8 fully saturated rings. The van der Waals surface area contributed by atoms with Crippen LogP contribution < -0.4 is 0 Å². The third-order valence-electron chi connectivity index (χ3n) is 16.6. The van der Waals surface area contributed by atoms with Crippen LogP contribution in [0.2, 0.25) is 0 Å². The van der Waals surface area contributed by atoms with E-state index in [1.807, 2.05) is 0 Å². The van der Waals surface area contributed by atoms with Crippen molar-refractivity contribution in [3.8, 4) is 0 Å². The molecule has 5 aliphatic heterocycles. The summed E-state index contributed by atoms with van der Waals surface area (Å²) in [7, 11) is 0. The Morgan fingerprint density at radius 2 is 1.05 bits per heavy atom. The summed E-state index contributed by atoms with van der Waals surface area (Å²) in [6, 6.07) is 0. The number of esters is 1. The first-order valence-corrected chi connectivity index (χ1v) is 26.3. The van der Waals surface area contributed by atoms with Crippen LogP contribution in [0.5, 0.6) is 0 Å². The Morgan fingerprint density at radius 1 is 0.539 bits per heavy atom. The Balaban J connectivity index is 0.867. The number of aliphatic hydroxyl groups excluding tert-OH is 17. The highest BCUT2D eigenvalue weighted by Gasteiger charge is 2.58. The van der Waals surface area contributed by atoms with Gasteiger partial charge in [0.2, 0.25) is 0 Å². The van der Waals surface area contributed by atoms with Gasteiger partial charge in [0.15, 0.2) is 43.5 Å². The van der Waals surface area contributed by atoms with E-state index in [2.05, 4.69) is 0 Å². The zero-order valence-corrected chi connectivity index (χ0v) is 41.7. The maximum atomic E-state index is 13.0. The molecule has 0 spiro atoms. The number of carbonyl (C=O) groups excluding carboxylic acids is 1. The van der Waals surface area contributed by atoms with Gasteiger partial charge in [0, 0.05) is 24.8 Å². The molecule has 438 valence electrons. The van der Waals surface area contributed by atoms with E-state index < -0.39 is 209 Å². The molecule has 8 aliphatic rings. The predicted molar refractivity (Wildman–Crippen MR) is 246 cm³/mol. The molecule has 28 atom stereocenters. The largest absolute Gasteiger partial charge is 0.454 e. The predicted octanol–water partition coefficient (Wildman–Crippen LogP) is -8.38. The van der Waals surface area contributed by atoms with Crippen molar-refractivity contribution in [3.63, 3.8) is 0 Å². The van der Waals surface area contributed by atoms with Crippen LogP contribution in [0.1, 0.15) is 64.7 Å². The first-order chi connectivity index (χ1) is 36.1. The molecular weight excluding hydrogens is 1020 g/mol. The lowest BCUT2D eigenvalue weighted by Gasteiger charge is -2.50. The van der Waals surface area contributed by atoms with Gasteiger partial charge in [-0.3, -0.25) is 0 Å². The van der Waals surface area contributed by atoms with Crippen molar-refractivity contribution in [1.82, 2.24) is 0 Å². The van der Waals surface area contributed by atoms with Gasteiger partial charge in [0.05, 0.1) is 62.4 Å². The fourth-order valence-corrected chi connectivity index (χ4v) is 12.1. The van der Waals surface area contributed by atoms with Crippen LogP contribution in [0.4, 0.5) is 0 Å². The van der Waals surface area contributed by atoms with Gasteiger partial charge in [0.1, 0.15) is 97.7 Å². The summed E-state index contributed by atoms with van der Waals surface area (Å²) < 4.78 is 57.6. The van der Waals surface area contributed by atoms with Gasteiger partial charge in [-0.1, -0.05) is 6.08 Å². The molecule has 5 heterocycles. The fraction of sp³-hybridized carbons (Fsp3) is 0.938. The molecule has 0 aromatic heterocycles. The highest BCUT2D eigenvalue weighted by molar-refractivity contribution is 5.82. The Bertz CT molecular complexity index is 1850. The van der Waals surface area contributed by atoms with Gasteiger partial charge in [-0.15, -0.1) is 0 Å². The second kappa shape index (κ2) is 26.0. The summed E-state index contributed by atoms with van der Waals surface area (Å²) in [6.07, 6.45) is -35.8. The highest BCUT2D eigenvalue weighted by atomic mass is 16.7. The first kappa shape index (κ1) is 60.3. The number of aliphatic hydroxyl groups is 19. The van der Waals surface area contributed by atoms with Crippen LogP contribution in [-0.4, -0.2) is 295 Å². The average molecular weight is 1100 g/mol. The van der Waals surface area contributed by atoms with Crippen molar-refractivity contribution >= 4 is 5.97 Å². The molecule has 28 unspecified atom stereocenters.